The highest BCUT2D eigenvalue weighted by Gasteiger charge is 2.37. The smallest absolute Gasteiger partial charge is 0.160 e. The third-order valence-corrected chi connectivity index (χ3v) is 5.73. The number of benzene rings is 1. The lowest BCUT2D eigenvalue weighted by Crippen LogP contribution is -2.59. The average molecular weight is 435 g/mol. The highest BCUT2D eigenvalue weighted by molar-refractivity contribution is 8.26. The first kappa shape index (κ1) is 23.4. The molecule has 6 N–H and O–H groups in total. The maximum Gasteiger partial charge on any atom is 0.160 e. The number of nitrogens with one attached hydrogen (secondary N) is 2. The zero-order valence-corrected chi connectivity index (χ0v) is 19.3. The Morgan fingerprint density at radius 1 is 1.28 bits per heavy atom. The third-order valence-electron chi connectivity index (χ3n) is 4.68. The number of nitrogens with zero attached hydrogens (tertiary/aromatic N) is 2. The van der Waals surface area contributed by atoms with Crippen molar-refractivity contribution in [3.05, 3.63) is 40.5 Å². The van der Waals surface area contributed by atoms with Crippen LogP contribution in [0.1, 0.15) is 51.7 Å². The lowest BCUT2D eigenvalue weighted by molar-refractivity contribution is 0.164. The first-order valence-electron chi connectivity index (χ1n) is 9.50. The fourth-order valence-electron chi connectivity index (χ4n) is 3.96. The number of hydrogen-bond donors (Lipinski definition) is 4. The number of nitrogens with two attached hydrogens (primary N) is 2. The quantitative estimate of drug-likeness (QED) is 0.423. The number of aliphatic imine (C=N–C) groups is 2. The van der Waals surface area contributed by atoms with Crippen molar-refractivity contribution < 1.29 is 0 Å². The molecule has 0 unspecified atom stereocenters. The van der Waals surface area contributed by atoms with Crippen molar-refractivity contribution in [1.82, 2.24) is 5.32 Å². The topological polar surface area (TPSA) is 113 Å². The van der Waals surface area contributed by atoms with Gasteiger partial charge in [-0.3, -0.25) is 15.4 Å². The Morgan fingerprint density at radius 2 is 1.90 bits per heavy atom. The van der Waals surface area contributed by atoms with E-state index in [4.69, 9.17) is 33.5 Å². The van der Waals surface area contributed by atoms with Gasteiger partial charge in [-0.15, -0.1) is 0 Å². The van der Waals surface area contributed by atoms with Gasteiger partial charge in [-0.25, -0.2) is 0 Å². The van der Waals surface area contributed by atoms with E-state index in [0.717, 1.165) is 35.7 Å². The molecule has 0 radical (unpaired) electrons. The van der Waals surface area contributed by atoms with Crippen LogP contribution in [0.5, 0.6) is 0 Å². The van der Waals surface area contributed by atoms with Gasteiger partial charge in [0.15, 0.2) is 5.17 Å². The minimum atomic E-state index is -0.0104. The summed E-state index contributed by atoms with van der Waals surface area (Å²) in [6.07, 6.45) is 4.93. The van der Waals surface area contributed by atoms with Crippen molar-refractivity contribution >= 4 is 45.4 Å². The third kappa shape index (κ3) is 6.59. The van der Waals surface area contributed by atoms with Crippen molar-refractivity contribution in [2.45, 2.75) is 57.7 Å². The maximum absolute atomic E-state index is 8.42. The van der Waals surface area contributed by atoms with Crippen LogP contribution in [0.2, 0.25) is 5.02 Å². The predicted molar refractivity (Wildman–Crippen MR) is 128 cm³/mol. The molecular weight excluding hydrogens is 404 g/mol. The summed E-state index contributed by atoms with van der Waals surface area (Å²) >= 11 is 7.55. The summed E-state index contributed by atoms with van der Waals surface area (Å²) in [5.41, 5.74) is 14.0. The standard InChI is InChI=1S/C21H31ClN6S/c1-20(2)9-15(10-21(3,4)28-20)27-19(25)29-18(24)16-7-6-13(8-17(16)22)14(11-23)12-26-5/h6-8,11-12,15,24,28H,9-10,23H2,1-5H3,(H2,25,27). The Kier molecular flexibility index (Phi) is 7.54. The molecule has 6 nitrogen and oxygen atoms in total. The molecule has 29 heavy (non-hydrogen) atoms. The molecule has 1 aromatic rings. The normalized spacial score (nSPS) is 20.2. The molecule has 1 aromatic carbocycles. The van der Waals surface area contributed by atoms with E-state index in [1.165, 1.54) is 6.20 Å². The Balaban J connectivity index is 2.14. The zero-order valence-electron chi connectivity index (χ0n) is 17.7. The van der Waals surface area contributed by atoms with E-state index >= 15 is 0 Å². The summed E-state index contributed by atoms with van der Waals surface area (Å²) in [6.45, 7) is 8.71. The molecule has 2 rings (SSSR count). The highest BCUT2D eigenvalue weighted by Crippen LogP contribution is 2.31. The van der Waals surface area contributed by atoms with Gasteiger partial charge in [0.05, 0.1) is 11.1 Å². The SMILES string of the molecule is CN=CC(=CN)c1ccc(C(=N)SC(N)=NC2CC(C)(C)NC(C)(C)C2)c(Cl)c1. The zero-order chi connectivity index (χ0) is 21.8. The number of amidine groups is 1. The average Bonchev–Trinajstić information content (AvgIpc) is 2.56. The number of hydrogen-bond acceptors (Lipinski definition) is 6. The van der Waals surface area contributed by atoms with E-state index in [2.05, 4.69) is 38.0 Å². The molecule has 1 heterocycles. The number of allylic oxidation sites excluding steroid dienone is 1. The van der Waals surface area contributed by atoms with E-state index in [1.807, 2.05) is 6.07 Å². The molecule has 0 spiro atoms. The van der Waals surface area contributed by atoms with Gasteiger partial charge in [0.2, 0.25) is 0 Å². The van der Waals surface area contributed by atoms with E-state index < -0.39 is 0 Å². The van der Waals surface area contributed by atoms with Gasteiger partial charge in [-0.1, -0.05) is 23.7 Å². The summed E-state index contributed by atoms with van der Waals surface area (Å²) in [7, 11) is 1.68. The molecular formula is C21H31ClN6S. The van der Waals surface area contributed by atoms with Crippen LogP contribution in [-0.4, -0.2) is 40.6 Å². The molecule has 0 atom stereocenters. The number of rotatable bonds is 4. The Bertz CT molecular complexity index is 841. The van der Waals surface area contributed by atoms with Crippen molar-refractivity contribution in [2.24, 2.45) is 21.5 Å². The lowest BCUT2D eigenvalue weighted by Gasteiger charge is -2.45. The van der Waals surface area contributed by atoms with E-state index in [-0.39, 0.29) is 22.2 Å². The first-order chi connectivity index (χ1) is 13.5. The minimum absolute atomic E-state index is 0.0104. The van der Waals surface area contributed by atoms with Gasteiger partial charge in [0.1, 0.15) is 5.04 Å². The van der Waals surface area contributed by atoms with E-state index in [1.54, 1.807) is 25.4 Å². The molecule has 8 heteroatoms. The van der Waals surface area contributed by atoms with E-state index in [0.29, 0.717) is 15.8 Å². The fourth-order valence-corrected chi connectivity index (χ4v) is 4.99. The molecule has 0 amide bonds. The second-order valence-corrected chi connectivity index (χ2v) is 10.00. The van der Waals surface area contributed by atoms with Crippen LogP contribution in [0, 0.1) is 5.41 Å². The highest BCUT2D eigenvalue weighted by atomic mass is 35.5. The van der Waals surface area contributed by atoms with Crippen LogP contribution in [0.15, 0.2) is 34.4 Å². The monoisotopic (exact) mass is 434 g/mol. The van der Waals surface area contributed by atoms with Crippen LogP contribution >= 0.6 is 23.4 Å². The molecule has 1 aliphatic rings. The Labute approximate surface area is 182 Å². The van der Waals surface area contributed by atoms with Crippen molar-refractivity contribution in [3.8, 4) is 0 Å². The van der Waals surface area contributed by atoms with Crippen molar-refractivity contribution in [3.63, 3.8) is 0 Å². The summed E-state index contributed by atoms with van der Waals surface area (Å²) < 4.78 is 0. The maximum atomic E-state index is 8.42. The molecule has 158 valence electrons. The molecule has 0 saturated carbocycles. The lowest BCUT2D eigenvalue weighted by atomic mass is 9.80. The van der Waals surface area contributed by atoms with Gasteiger partial charge in [-0.2, -0.15) is 0 Å². The van der Waals surface area contributed by atoms with Gasteiger partial charge in [-0.05, 0) is 63.9 Å². The first-order valence-corrected chi connectivity index (χ1v) is 10.7. The van der Waals surface area contributed by atoms with Crippen molar-refractivity contribution in [2.75, 3.05) is 7.05 Å². The largest absolute Gasteiger partial charge is 0.404 e. The molecule has 0 aromatic heterocycles. The van der Waals surface area contributed by atoms with Gasteiger partial charge in [0, 0.05) is 41.7 Å². The number of thioether (sulfide) groups is 1. The molecule has 1 fully saturated rings. The summed E-state index contributed by atoms with van der Waals surface area (Å²) in [5, 5.41) is 13.2. The minimum Gasteiger partial charge on any atom is -0.404 e. The second-order valence-electron chi connectivity index (χ2n) is 8.56. The van der Waals surface area contributed by atoms with Crippen LogP contribution in [0.25, 0.3) is 5.57 Å². The van der Waals surface area contributed by atoms with Crippen LogP contribution in [0.4, 0.5) is 0 Å². The van der Waals surface area contributed by atoms with Gasteiger partial charge >= 0.3 is 0 Å². The summed E-state index contributed by atoms with van der Waals surface area (Å²) in [5.74, 6) is 0. The second kappa shape index (κ2) is 9.32. The van der Waals surface area contributed by atoms with Gasteiger partial charge < -0.3 is 16.8 Å². The molecule has 1 saturated heterocycles. The summed E-state index contributed by atoms with van der Waals surface area (Å²) in [6, 6.07) is 5.55. The molecule has 0 aliphatic carbocycles. The van der Waals surface area contributed by atoms with Crippen LogP contribution in [-0.2, 0) is 0 Å². The molecule has 1 aliphatic heterocycles. The number of halogens is 1. The van der Waals surface area contributed by atoms with Crippen molar-refractivity contribution in [1.29, 1.82) is 5.41 Å². The Hall–Kier alpha value is -1.83. The Morgan fingerprint density at radius 3 is 2.41 bits per heavy atom. The van der Waals surface area contributed by atoms with Crippen LogP contribution in [0.3, 0.4) is 0 Å². The van der Waals surface area contributed by atoms with Gasteiger partial charge in [0.25, 0.3) is 0 Å². The molecule has 0 bridgehead atoms. The summed E-state index contributed by atoms with van der Waals surface area (Å²) in [4.78, 5) is 8.68. The predicted octanol–water partition coefficient (Wildman–Crippen LogP) is 4.02. The van der Waals surface area contributed by atoms with Crippen LogP contribution < -0.4 is 16.8 Å². The van der Waals surface area contributed by atoms with E-state index in [9.17, 15) is 0 Å². The number of piperidine rings is 1. The fraction of sp³-hybridized carbons (Fsp3) is 0.476.